The van der Waals surface area contributed by atoms with Crippen LogP contribution in [0.5, 0.6) is 0 Å². The Labute approximate surface area is 159 Å². The van der Waals surface area contributed by atoms with Crippen LogP contribution in [-0.2, 0) is 0 Å². The minimum Gasteiger partial charge on any atom is -0.267 e. The van der Waals surface area contributed by atoms with E-state index in [2.05, 4.69) is 31.9 Å². The number of benzene rings is 2. The van der Waals surface area contributed by atoms with Crippen molar-refractivity contribution in [1.82, 2.24) is 20.6 Å². The van der Waals surface area contributed by atoms with Gasteiger partial charge in [0.15, 0.2) is 0 Å². The molecule has 26 heavy (non-hydrogen) atoms. The number of carbonyl (C=O) groups excluding carboxylic acids is 2. The lowest BCUT2D eigenvalue weighted by Gasteiger charge is -2.09. The largest absolute Gasteiger partial charge is 0.269 e. The van der Waals surface area contributed by atoms with E-state index in [-0.39, 0.29) is 5.91 Å². The summed E-state index contributed by atoms with van der Waals surface area (Å²) in [5, 5.41) is 4.46. The highest BCUT2D eigenvalue weighted by molar-refractivity contribution is 9.10. The number of halogens is 1. The molecular weight excluding hydrogens is 396 g/mol. The van der Waals surface area contributed by atoms with E-state index in [4.69, 9.17) is 0 Å². The summed E-state index contributed by atoms with van der Waals surface area (Å²) < 4.78 is 2.76. The van der Waals surface area contributed by atoms with Crippen LogP contribution >= 0.6 is 15.9 Å². The van der Waals surface area contributed by atoms with Gasteiger partial charge >= 0.3 is 0 Å². The zero-order chi connectivity index (χ0) is 18.7. The SMILES string of the molecule is Cc1nn(-c2ccc(C(=O)NNC(=O)c3ccccc3)cc2)c(C)c1Br. The average molecular weight is 413 g/mol. The smallest absolute Gasteiger partial charge is 0.267 e. The molecular formula is C19H17BrN4O2. The Morgan fingerprint density at radius 1 is 0.885 bits per heavy atom. The van der Waals surface area contributed by atoms with Gasteiger partial charge in [-0.3, -0.25) is 20.4 Å². The van der Waals surface area contributed by atoms with Gasteiger partial charge in [-0.15, -0.1) is 0 Å². The normalized spacial score (nSPS) is 10.4. The predicted molar refractivity (Wildman–Crippen MR) is 102 cm³/mol. The Morgan fingerprint density at radius 3 is 1.92 bits per heavy atom. The lowest BCUT2D eigenvalue weighted by Crippen LogP contribution is -2.41. The first-order valence-electron chi connectivity index (χ1n) is 7.95. The average Bonchev–Trinajstić information content (AvgIpc) is 2.94. The third kappa shape index (κ3) is 3.67. The van der Waals surface area contributed by atoms with Gasteiger partial charge < -0.3 is 0 Å². The van der Waals surface area contributed by atoms with E-state index in [9.17, 15) is 9.59 Å². The van der Waals surface area contributed by atoms with Gasteiger partial charge in [0, 0.05) is 11.1 Å². The summed E-state index contributed by atoms with van der Waals surface area (Å²) in [7, 11) is 0. The van der Waals surface area contributed by atoms with Crippen molar-refractivity contribution >= 4 is 27.7 Å². The number of nitrogens with one attached hydrogen (secondary N) is 2. The highest BCUT2D eigenvalue weighted by Gasteiger charge is 2.12. The van der Waals surface area contributed by atoms with E-state index >= 15 is 0 Å². The van der Waals surface area contributed by atoms with Crippen LogP contribution in [0.4, 0.5) is 0 Å². The first-order valence-corrected chi connectivity index (χ1v) is 8.74. The molecule has 0 saturated carbocycles. The highest BCUT2D eigenvalue weighted by Crippen LogP contribution is 2.23. The van der Waals surface area contributed by atoms with Gasteiger partial charge in [0.2, 0.25) is 0 Å². The molecule has 3 rings (SSSR count). The summed E-state index contributed by atoms with van der Waals surface area (Å²) in [6.45, 7) is 3.88. The molecule has 132 valence electrons. The van der Waals surface area contributed by atoms with Gasteiger partial charge in [0.1, 0.15) is 0 Å². The van der Waals surface area contributed by atoms with Gasteiger partial charge in [0.25, 0.3) is 11.8 Å². The molecule has 2 aromatic carbocycles. The van der Waals surface area contributed by atoms with Crippen LogP contribution in [0.1, 0.15) is 32.1 Å². The molecule has 1 aromatic heterocycles. The molecule has 0 aliphatic rings. The molecule has 0 spiro atoms. The summed E-state index contributed by atoms with van der Waals surface area (Å²) in [5.41, 5.74) is 8.44. The Kier molecular flexibility index (Phi) is 5.18. The molecule has 3 aromatic rings. The van der Waals surface area contributed by atoms with E-state index < -0.39 is 5.91 Å². The van der Waals surface area contributed by atoms with Crippen molar-refractivity contribution in [2.75, 3.05) is 0 Å². The maximum atomic E-state index is 12.2. The number of aryl methyl sites for hydroxylation is 1. The fourth-order valence-electron chi connectivity index (χ4n) is 2.48. The van der Waals surface area contributed by atoms with Gasteiger partial charge in [-0.25, -0.2) is 4.68 Å². The molecule has 7 heteroatoms. The monoisotopic (exact) mass is 412 g/mol. The molecule has 6 nitrogen and oxygen atoms in total. The molecule has 0 fully saturated rings. The Hall–Kier alpha value is -2.93. The van der Waals surface area contributed by atoms with Crippen molar-refractivity contribution in [2.24, 2.45) is 0 Å². The molecule has 0 unspecified atom stereocenters. The zero-order valence-corrected chi connectivity index (χ0v) is 15.9. The lowest BCUT2D eigenvalue weighted by atomic mass is 10.2. The minimum absolute atomic E-state index is 0.372. The standard InChI is InChI=1S/C19H17BrN4O2/c1-12-17(20)13(2)24(23-12)16-10-8-15(9-11-16)19(26)22-21-18(25)14-6-4-3-5-7-14/h3-11H,1-2H3,(H,21,25)(H,22,26). The second-order valence-corrected chi connectivity index (χ2v) is 6.51. The van der Waals surface area contributed by atoms with E-state index in [1.54, 1.807) is 53.2 Å². The highest BCUT2D eigenvalue weighted by atomic mass is 79.9. The molecule has 2 amide bonds. The van der Waals surface area contributed by atoms with E-state index in [0.29, 0.717) is 11.1 Å². The summed E-state index contributed by atoms with van der Waals surface area (Å²) in [4.78, 5) is 24.1. The minimum atomic E-state index is -0.393. The molecule has 1 heterocycles. The van der Waals surface area contributed by atoms with Crippen molar-refractivity contribution in [2.45, 2.75) is 13.8 Å². The Balaban J connectivity index is 1.67. The number of rotatable bonds is 3. The number of nitrogens with zero attached hydrogens (tertiary/aromatic N) is 2. The number of hydrazine groups is 1. The van der Waals surface area contributed by atoms with E-state index in [1.807, 2.05) is 19.9 Å². The topological polar surface area (TPSA) is 76.0 Å². The quantitative estimate of drug-likeness (QED) is 0.647. The summed E-state index contributed by atoms with van der Waals surface area (Å²) >= 11 is 3.50. The Morgan fingerprint density at radius 2 is 1.42 bits per heavy atom. The van der Waals surface area contributed by atoms with Gasteiger partial charge in [-0.1, -0.05) is 18.2 Å². The third-order valence-electron chi connectivity index (χ3n) is 3.90. The van der Waals surface area contributed by atoms with Crippen molar-refractivity contribution < 1.29 is 9.59 Å². The molecule has 0 bridgehead atoms. The molecule has 2 N–H and O–H groups in total. The van der Waals surface area contributed by atoms with Crippen LogP contribution in [0.2, 0.25) is 0 Å². The Bertz CT molecular complexity index is 950. The maximum absolute atomic E-state index is 12.2. The summed E-state index contributed by atoms with van der Waals surface area (Å²) in [6.07, 6.45) is 0. The number of aromatic nitrogens is 2. The van der Waals surface area contributed by atoms with Crippen molar-refractivity contribution in [3.8, 4) is 5.69 Å². The molecule has 0 aliphatic carbocycles. The number of carbonyl (C=O) groups is 2. The fraction of sp³-hybridized carbons (Fsp3) is 0.105. The molecule has 0 saturated heterocycles. The second kappa shape index (κ2) is 7.53. The molecule has 0 atom stereocenters. The van der Waals surface area contributed by atoms with Gasteiger partial charge in [-0.05, 0) is 66.2 Å². The first kappa shape index (κ1) is 17.9. The molecule has 0 aliphatic heterocycles. The fourth-order valence-corrected chi connectivity index (χ4v) is 2.72. The van der Waals surface area contributed by atoms with Crippen molar-refractivity contribution in [1.29, 1.82) is 0 Å². The first-order chi connectivity index (χ1) is 12.5. The van der Waals surface area contributed by atoms with E-state index in [1.165, 1.54) is 0 Å². The number of hydrogen-bond donors (Lipinski definition) is 2. The molecule has 0 radical (unpaired) electrons. The summed E-state index contributed by atoms with van der Waals surface area (Å²) in [5.74, 6) is -0.765. The van der Waals surface area contributed by atoms with E-state index in [0.717, 1.165) is 21.5 Å². The van der Waals surface area contributed by atoms with Crippen LogP contribution in [0.25, 0.3) is 5.69 Å². The number of amides is 2. The van der Waals surface area contributed by atoms with Crippen LogP contribution in [-0.4, -0.2) is 21.6 Å². The van der Waals surface area contributed by atoms with Crippen LogP contribution in [0.15, 0.2) is 59.1 Å². The third-order valence-corrected chi connectivity index (χ3v) is 5.05. The van der Waals surface area contributed by atoms with Crippen LogP contribution in [0, 0.1) is 13.8 Å². The summed E-state index contributed by atoms with van der Waals surface area (Å²) in [6, 6.07) is 15.6. The maximum Gasteiger partial charge on any atom is 0.269 e. The van der Waals surface area contributed by atoms with Crippen molar-refractivity contribution in [3.63, 3.8) is 0 Å². The lowest BCUT2D eigenvalue weighted by molar-refractivity contribution is 0.0846. The second-order valence-electron chi connectivity index (χ2n) is 5.72. The zero-order valence-electron chi connectivity index (χ0n) is 14.3. The van der Waals surface area contributed by atoms with Crippen molar-refractivity contribution in [3.05, 3.63) is 81.6 Å². The van der Waals surface area contributed by atoms with Gasteiger partial charge in [-0.2, -0.15) is 5.10 Å². The van der Waals surface area contributed by atoms with Crippen LogP contribution in [0.3, 0.4) is 0 Å². The number of hydrogen-bond acceptors (Lipinski definition) is 3. The predicted octanol–water partition coefficient (Wildman–Crippen LogP) is 3.33. The van der Waals surface area contributed by atoms with Crippen LogP contribution < -0.4 is 10.9 Å². The van der Waals surface area contributed by atoms with Gasteiger partial charge in [0.05, 0.1) is 21.5 Å².